The van der Waals surface area contributed by atoms with E-state index in [0.29, 0.717) is 8.58 Å². The molecule has 132 valence electrons. The Morgan fingerprint density at radius 2 is 1.04 bits per heavy atom. The van der Waals surface area contributed by atoms with Crippen molar-refractivity contribution in [2.75, 3.05) is 28.4 Å². The molecule has 2 rings (SSSR count). The lowest BCUT2D eigenvalue weighted by Gasteiger charge is -2.13. The molecule has 0 heterocycles. The number of hydrogen-bond acceptors (Lipinski definition) is 4. The third-order valence-electron chi connectivity index (χ3n) is 3.09. The molecular weight excluding hydrogens is 323 g/mol. The Morgan fingerprint density at radius 3 is 1.33 bits per heavy atom. The van der Waals surface area contributed by atoms with Gasteiger partial charge in [-0.1, -0.05) is 28.8 Å². The second-order valence-corrected chi connectivity index (χ2v) is 6.29. The fourth-order valence-electron chi connectivity index (χ4n) is 1.95. The van der Waals surface area contributed by atoms with Crippen LogP contribution in [0.15, 0.2) is 36.4 Å². The van der Waals surface area contributed by atoms with Crippen LogP contribution < -0.4 is 29.6 Å². The van der Waals surface area contributed by atoms with Gasteiger partial charge in [0, 0.05) is 22.7 Å². The van der Waals surface area contributed by atoms with Crippen LogP contribution in [0.3, 0.4) is 0 Å². The van der Waals surface area contributed by atoms with Gasteiger partial charge in [0.15, 0.2) is 0 Å². The van der Waals surface area contributed by atoms with Crippen molar-refractivity contribution in [2.45, 2.75) is 20.3 Å². The third kappa shape index (κ3) is 5.61. The van der Waals surface area contributed by atoms with E-state index in [1.165, 1.54) is 6.42 Å². The summed E-state index contributed by atoms with van der Waals surface area (Å²) in [7, 11) is 7.03. The summed E-state index contributed by atoms with van der Waals surface area (Å²) in [4.78, 5) is 0. The van der Waals surface area contributed by atoms with E-state index in [-0.39, 0.29) is 0 Å². The van der Waals surface area contributed by atoms with Crippen molar-refractivity contribution in [1.29, 1.82) is 0 Å². The molecule has 0 aliphatic rings. The highest BCUT2D eigenvalue weighted by atomic mass is 31.1. The van der Waals surface area contributed by atoms with Crippen molar-refractivity contribution >= 4 is 19.2 Å². The fourth-order valence-corrected chi connectivity index (χ4v) is 3.17. The molecule has 0 saturated heterocycles. The monoisotopic (exact) mass is 350 g/mol. The zero-order chi connectivity index (χ0) is 17.9. The van der Waals surface area contributed by atoms with Crippen LogP contribution in [-0.2, 0) is 0 Å². The lowest BCUT2D eigenvalue weighted by molar-refractivity contribution is 0.396. The van der Waals surface area contributed by atoms with E-state index in [9.17, 15) is 0 Å². The summed E-state index contributed by atoms with van der Waals surface area (Å²) < 4.78 is 21.3. The smallest absolute Gasteiger partial charge is 0.130 e. The maximum atomic E-state index is 5.44. The predicted molar refractivity (Wildman–Crippen MR) is 103 cm³/mol. The average Bonchev–Trinajstić information content (AvgIpc) is 2.63. The zero-order valence-electron chi connectivity index (χ0n) is 15.3. The minimum atomic E-state index is 0.422. The van der Waals surface area contributed by atoms with E-state index < -0.39 is 0 Å². The maximum Gasteiger partial charge on any atom is 0.130 e. The number of ether oxygens (including phenoxy) is 4. The van der Waals surface area contributed by atoms with Gasteiger partial charge in [-0.05, 0) is 24.3 Å². The van der Waals surface area contributed by atoms with Gasteiger partial charge in [-0.15, -0.1) is 0 Å². The SMILES string of the molecule is CCC.COc1ccc(Pc2ccc(OC)cc2OC)c(OC)c1. The first kappa shape index (κ1) is 20.1. The molecule has 0 aliphatic carbocycles. The molecule has 2 aromatic carbocycles. The van der Waals surface area contributed by atoms with Crippen LogP contribution in [0.5, 0.6) is 23.0 Å². The summed E-state index contributed by atoms with van der Waals surface area (Å²) in [5.41, 5.74) is 0. The Kier molecular flexibility index (Phi) is 9.03. The minimum absolute atomic E-state index is 0.422. The largest absolute Gasteiger partial charge is 0.497 e. The first-order chi connectivity index (χ1) is 11.6. The highest BCUT2D eigenvalue weighted by Crippen LogP contribution is 2.28. The predicted octanol–water partition coefficient (Wildman–Crippen LogP) is 3.77. The first-order valence-electron chi connectivity index (χ1n) is 7.84. The Bertz CT molecular complexity index is 575. The van der Waals surface area contributed by atoms with Crippen LogP contribution in [0.4, 0.5) is 0 Å². The van der Waals surface area contributed by atoms with E-state index >= 15 is 0 Å². The molecule has 0 amide bonds. The molecule has 4 nitrogen and oxygen atoms in total. The van der Waals surface area contributed by atoms with E-state index in [2.05, 4.69) is 13.8 Å². The van der Waals surface area contributed by atoms with Gasteiger partial charge in [0.2, 0.25) is 0 Å². The number of benzene rings is 2. The van der Waals surface area contributed by atoms with E-state index in [0.717, 1.165) is 33.6 Å². The molecule has 0 radical (unpaired) electrons. The lowest BCUT2D eigenvalue weighted by Crippen LogP contribution is -2.09. The van der Waals surface area contributed by atoms with Gasteiger partial charge in [-0.3, -0.25) is 0 Å². The van der Waals surface area contributed by atoms with Gasteiger partial charge in [0.1, 0.15) is 23.0 Å². The Hall–Kier alpha value is -1.93. The van der Waals surface area contributed by atoms with Crippen LogP contribution in [-0.4, -0.2) is 28.4 Å². The van der Waals surface area contributed by atoms with Gasteiger partial charge in [0.25, 0.3) is 0 Å². The topological polar surface area (TPSA) is 36.9 Å². The second kappa shape index (κ2) is 10.8. The molecule has 0 unspecified atom stereocenters. The summed E-state index contributed by atoms with van der Waals surface area (Å²) in [5, 5.41) is 2.20. The number of rotatable bonds is 6. The molecule has 0 N–H and O–H groups in total. The van der Waals surface area contributed by atoms with Crippen molar-refractivity contribution in [2.24, 2.45) is 0 Å². The van der Waals surface area contributed by atoms with Gasteiger partial charge in [-0.25, -0.2) is 0 Å². The quantitative estimate of drug-likeness (QED) is 0.743. The molecule has 0 atom stereocenters. The Balaban J connectivity index is 0.000000891. The van der Waals surface area contributed by atoms with E-state index in [1.54, 1.807) is 28.4 Å². The molecule has 0 fully saturated rings. The summed E-state index contributed by atoms with van der Waals surface area (Å²) in [6.45, 7) is 4.25. The molecule has 0 bridgehead atoms. The summed E-state index contributed by atoms with van der Waals surface area (Å²) in [5.74, 6) is 3.18. The molecule has 0 aromatic heterocycles. The molecule has 0 saturated carbocycles. The maximum absolute atomic E-state index is 5.44. The zero-order valence-corrected chi connectivity index (χ0v) is 16.3. The minimum Gasteiger partial charge on any atom is -0.497 e. The molecule has 24 heavy (non-hydrogen) atoms. The van der Waals surface area contributed by atoms with Crippen molar-refractivity contribution < 1.29 is 18.9 Å². The third-order valence-corrected chi connectivity index (χ3v) is 4.45. The molecule has 5 heteroatoms. The lowest BCUT2D eigenvalue weighted by atomic mass is 10.3. The van der Waals surface area contributed by atoms with Crippen molar-refractivity contribution in [1.82, 2.24) is 0 Å². The molecule has 2 aromatic rings. The van der Waals surface area contributed by atoms with Crippen LogP contribution in [0, 0.1) is 0 Å². The molecule has 0 spiro atoms. The Morgan fingerprint density at radius 1 is 0.667 bits per heavy atom. The first-order valence-corrected chi connectivity index (χ1v) is 8.84. The Labute approximate surface area is 146 Å². The van der Waals surface area contributed by atoms with Crippen molar-refractivity contribution in [3.05, 3.63) is 36.4 Å². The fraction of sp³-hybridized carbons (Fsp3) is 0.368. The van der Waals surface area contributed by atoms with Gasteiger partial charge < -0.3 is 18.9 Å². The highest BCUT2D eigenvalue weighted by molar-refractivity contribution is 7.56. The molecule has 0 aliphatic heterocycles. The second-order valence-electron chi connectivity index (χ2n) is 4.96. The highest BCUT2D eigenvalue weighted by Gasteiger charge is 2.10. The summed E-state index contributed by atoms with van der Waals surface area (Å²) in [6.07, 6.45) is 1.25. The van der Waals surface area contributed by atoms with Crippen molar-refractivity contribution in [3.63, 3.8) is 0 Å². The van der Waals surface area contributed by atoms with Gasteiger partial charge >= 0.3 is 0 Å². The normalized spacial score (nSPS) is 9.58. The van der Waals surface area contributed by atoms with Crippen LogP contribution >= 0.6 is 8.58 Å². The van der Waals surface area contributed by atoms with Crippen LogP contribution in [0.1, 0.15) is 20.3 Å². The van der Waals surface area contributed by atoms with Crippen LogP contribution in [0.2, 0.25) is 0 Å². The van der Waals surface area contributed by atoms with E-state index in [4.69, 9.17) is 18.9 Å². The van der Waals surface area contributed by atoms with Crippen molar-refractivity contribution in [3.8, 4) is 23.0 Å². The van der Waals surface area contributed by atoms with Crippen LogP contribution in [0.25, 0.3) is 0 Å². The number of hydrogen-bond donors (Lipinski definition) is 0. The average molecular weight is 350 g/mol. The molecular formula is C19H27O4P. The van der Waals surface area contributed by atoms with E-state index in [1.807, 2.05) is 36.4 Å². The number of methoxy groups -OCH3 is 4. The standard InChI is InChI=1S/C16H19O4P.C3H8/c1-17-11-5-7-15(13(9-11)19-3)21-16-8-6-12(18-2)10-14(16)20-4;1-3-2/h5-10,21H,1-4H3;3H2,1-2H3. The summed E-state index contributed by atoms with van der Waals surface area (Å²) in [6, 6.07) is 11.7. The van der Waals surface area contributed by atoms with Gasteiger partial charge in [0.05, 0.1) is 28.4 Å². The van der Waals surface area contributed by atoms with Gasteiger partial charge in [-0.2, -0.15) is 0 Å². The summed E-state index contributed by atoms with van der Waals surface area (Å²) >= 11 is 0.